The number of piperazine rings is 1. The molecular weight excluding hydrogens is 469 g/mol. The van der Waals surface area contributed by atoms with Gasteiger partial charge in [-0.2, -0.15) is 0 Å². The Balaban J connectivity index is 0.00000280. The molecule has 2 aliphatic heterocycles. The number of amides is 1. The number of hydrogen-bond donors (Lipinski definition) is 1. The molecule has 156 valence electrons. The second-order valence-electron chi connectivity index (χ2n) is 7.98. The normalized spacial score (nSPS) is 19.4. The van der Waals surface area contributed by atoms with Gasteiger partial charge in [0.2, 0.25) is 11.9 Å². The molecular formula is C19H32IN7O. The molecule has 0 atom stereocenters. The summed E-state index contributed by atoms with van der Waals surface area (Å²) in [6.45, 7) is 10.2. The number of aromatic nitrogens is 2. The van der Waals surface area contributed by atoms with Gasteiger partial charge < -0.3 is 20.0 Å². The Morgan fingerprint density at radius 2 is 1.82 bits per heavy atom. The maximum absolute atomic E-state index is 12.5. The number of nitrogens with zero attached hydrogens (tertiary/aromatic N) is 6. The van der Waals surface area contributed by atoms with Crippen LogP contribution in [0.1, 0.15) is 26.7 Å². The van der Waals surface area contributed by atoms with E-state index in [9.17, 15) is 4.79 Å². The van der Waals surface area contributed by atoms with Crippen LogP contribution >= 0.6 is 24.0 Å². The highest BCUT2D eigenvalue weighted by atomic mass is 127. The number of halogens is 1. The smallest absolute Gasteiger partial charge is 0.225 e. The molecule has 8 nitrogen and oxygen atoms in total. The first kappa shape index (κ1) is 22.6. The summed E-state index contributed by atoms with van der Waals surface area (Å²) in [4.78, 5) is 31.8. The van der Waals surface area contributed by atoms with Gasteiger partial charge in [-0.3, -0.25) is 9.79 Å². The minimum atomic E-state index is 0. The predicted molar refractivity (Wildman–Crippen MR) is 122 cm³/mol. The van der Waals surface area contributed by atoms with Crippen molar-refractivity contribution >= 4 is 41.8 Å². The van der Waals surface area contributed by atoms with E-state index in [1.807, 2.05) is 11.0 Å². The molecule has 0 aromatic carbocycles. The minimum absolute atomic E-state index is 0. The zero-order valence-corrected chi connectivity index (χ0v) is 19.4. The first-order valence-electron chi connectivity index (χ1n) is 9.74. The topological polar surface area (TPSA) is 77.0 Å². The lowest BCUT2D eigenvalue weighted by Gasteiger charge is -2.34. The van der Waals surface area contributed by atoms with Crippen LogP contribution in [-0.2, 0) is 4.79 Å². The van der Waals surface area contributed by atoms with E-state index >= 15 is 0 Å². The van der Waals surface area contributed by atoms with E-state index in [2.05, 4.69) is 43.9 Å². The fourth-order valence-corrected chi connectivity index (χ4v) is 3.68. The summed E-state index contributed by atoms with van der Waals surface area (Å²) >= 11 is 0. The van der Waals surface area contributed by atoms with Crippen molar-refractivity contribution in [2.45, 2.75) is 26.7 Å². The molecule has 1 N–H and O–H groups in total. The van der Waals surface area contributed by atoms with E-state index in [0.717, 1.165) is 38.1 Å². The van der Waals surface area contributed by atoms with E-state index in [1.54, 1.807) is 19.4 Å². The van der Waals surface area contributed by atoms with Crippen molar-refractivity contribution in [2.24, 2.45) is 10.4 Å². The molecule has 0 saturated carbocycles. The minimum Gasteiger partial charge on any atom is -0.356 e. The van der Waals surface area contributed by atoms with E-state index < -0.39 is 0 Å². The summed E-state index contributed by atoms with van der Waals surface area (Å²) < 4.78 is 0. The number of rotatable bonds is 4. The van der Waals surface area contributed by atoms with Crippen molar-refractivity contribution in [1.29, 1.82) is 0 Å². The summed E-state index contributed by atoms with van der Waals surface area (Å²) in [6, 6.07) is 1.81. The Labute approximate surface area is 184 Å². The summed E-state index contributed by atoms with van der Waals surface area (Å²) in [5.74, 6) is 1.83. The van der Waals surface area contributed by atoms with Crippen LogP contribution in [0, 0.1) is 5.41 Å². The average Bonchev–Trinajstić information content (AvgIpc) is 3.05. The van der Waals surface area contributed by atoms with Crippen LogP contribution in [0.4, 0.5) is 5.95 Å². The molecule has 1 aromatic rings. The SMILES string of the molecule is CN=C(NCCC(=O)N1CCN(c2ncccn2)CC1)N1CCC(C)(C)C1.I. The summed E-state index contributed by atoms with van der Waals surface area (Å²) in [6.07, 6.45) is 5.15. The van der Waals surface area contributed by atoms with E-state index in [1.165, 1.54) is 6.42 Å². The third-order valence-electron chi connectivity index (χ3n) is 5.28. The van der Waals surface area contributed by atoms with Gasteiger partial charge >= 0.3 is 0 Å². The summed E-state index contributed by atoms with van der Waals surface area (Å²) in [5, 5.41) is 3.35. The van der Waals surface area contributed by atoms with Crippen LogP contribution in [0.2, 0.25) is 0 Å². The van der Waals surface area contributed by atoms with Crippen LogP contribution in [0.15, 0.2) is 23.5 Å². The number of carbonyl (C=O) groups is 1. The maximum atomic E-state index is 12.5. The summed E-state index contributed by atoms with van der Waals surface area (Å²) in [7, 11) is 1.81. The lowest BCUT2D eigenvalue weighted by atomic mass is 9.93. The van der Waals surface area contributed by atoms with Crippen LogP contribution in [0.25, 0.3) is 0 Å². The van der Waals surface area contributed by atoms with Gasteiger partial charge in [-0.25, -0.2) is 9.97 Å². The molecule has 0 spiro atoms. The largest absolute Gasteiger partial charge is 0.356 e. The molecule has 0 unspecified atom stereocenters. The van der Waals surface area contributed by atoms with Crippen LogP contribution < -0.4 is 10.2 Å². The van der Waals surface area contributed by atoms with Gasteiger partial charge in [0.05, 0.1) is 0 Å². The Morgan fingerprint density at radius 1 is 1.14 bits per heavy atom. The number of aliphatic imine (C=N–C) groups is 1. The van der Waals surface area contributed by atoms with E-state index in [4.69, 9.17) is 0 Å². The number of carbonyl (C=O) groups excluding carboxylic acids is 1. The van der Waals surface area contributed by atoms with Gasteiger partial charge in [-0.15, -0.1) is 24.0 Å². The standard InChI is InChI=1S/C19H31N7O.HI/c1-19(2)6-10-26(15-19)17(20-3)23-9-5-16(27)24-11-13-25(14-12-24)18-21-7-4-8-22-18;/h4,7-8H,5-6,9-15H2,1-3H3,(H,20,23);1H. The monoisotopic (exact) mass is 501 g/mol. The van der Waals surface area contributed by atoms with Crippen LogP contribution in [0.5, 0.6) is 0 Å². The third kappa shape index (κ3) is 5.92. The van der Waals surface area contributed by atoms with Crippen LogP contribution in [-0.4, -0.2) is 84.5 Å². The van der Waals surface area contributed by atoms with Crippen molar-refractivity contribution < 1.29 is 4.79 Å². The van der Waals surface area contributed by atoms with Gasteiger partial charge in [0.15, 0.2) is 5.96 Å². The van der Waals surface area contributed by atoms with Crippen molar-refractivity contribution in [3.05, 3.63) is 18.5 Å². The van der Waals surface area contributed by atoms with Gasteiger partial charge in [0.25, 0.3) is 0 Å². The maximum Gasteiger partial charge on any atom is 0.225 e. The Hall–Kier alpha value is -1.65. The highest BCUT2D eigenvalue weighted by Crippen LogP contribution is 2.28. The molecule has 9 heteroatoms. The Bertz CT molecular complexity index is 660. The lowest BCUT2D eigenvalue weighted by Crippen LogP contribution is -2.50. The van der Waals surface area contributed by atoms with E-state index in [-0.39, 0.29) is 29.9 Å². The fraction of sp³-hybridized carbons (Fsp3) is 0.684. The zero-order valence-electron chi connectivity index (χ0n) is 17.1. The number of likely N-dealkylation sites (tertiary alicyclic amines) is 1. The number of nitrogens with one attached hydrogen (secondary N) is 1. The van der Waals surface area contributed by atoms with Crippen molar-refractivity contribution in [3.8, 4) is 0 Å². The first-order valence-corrected chi connectivity index (χ1v) is 9.74. The Kier molecular flexibility index (Phi) is 8.26. The molecule has 2 saturated heterocycles. The quantitative estimate of drug-likeness (QED) is 0.383. The van der Waals surface area contributed by atoms with Gasteiger partial charge in [-0.05, 0) is 17.9 Å². The van der Waals surface area contributed by atoms with Crippen LogP contribution in [0.3, 0.4) is 0 Å². The number of anilines is 1. The van der Waals surface area contributed by atoms with Crippen molar-refractivity contribution in [2.75, 3.05) is 57.8 Å². The zero-order chi connectivity index (χ0) is 19.3. The number of guanidine groups is 1. The summed E-state index contributed by atoms with van der Waals surface area (Å²) in [5.41, 5.74) is 0.329. The van der Waals surface area contributed by atoms with Gasteiger partial charge in [0.1, 0.15) is 0 Å². The molecule has 0 aliphatic carbocycles. The molecule has 1 amide bonds. The molecule has 28 heavy (non-hydrogen) atoms. The van der Waals surface area contributed by atoms with Crippen molar-refractivity contribution in [1.82, 2.24) is 25.1 Å². The average molecular weight is 501 g/mol. The lowest BCUT2D eigenvalue weighted by molar-refractivity contribution is -0.131. The molecule has 0 radical (unpaired) electrons. The second-order valence-corrected chi connectivity index (χ2v) is 7.98. The number of hydrogen-bond acceptors (Lipinski definition) is 5. The second kappa shape index (κ2) is 10.2. The fourth-order valence-electron chi connectivity index (χ4n) is 3.68. The van der Waals surface area contributed by atoms with Gasteiger partial charge in [-0.1, -0.05) is 13.8 Å². The highest BCUT2D eigenvalue weighted by molar-refractivity contribution is 14.0. The molecule has 0 bridgehead atoms. The third-order valence-corrected chi connectivity index (χ3v) is 5.28. The molecule has 1 aromatic heterocycles. The molecule has 3 heterocycles. The Morgan fingerprint density at radius 3 is 2.39 bits per heavy atom. The highest BCUT2D eigenvalue weighted by Gasteiger charge is 2.31. The van der Waals surface area contributed by atoms with E-state index in [0.29, 0.717) is 31.5 Å². The molecule has 2 fully saturated rings. The predicted octanol–water partition coefficient (Wildman–Crippen LogP) is 1.44. The molecule has 2 aliphatic rings. The molecule has 3 rings (SSSR count). The van der Waals surface area contributed by atoms with Gasteiger partial charge in [0, 0.05) is 71.7 Å². The van der Waals surface area contributed by atoms with Crippen molar-refractivity contribution in [3.63, 3.8) is 0 Å². The first-order chi connectivity index (χ1) is 13.0.